The highest BCUT2D eigenvalue weighted by Crippen LogP contribution is 2.58. The Bertz CT molecular complexity index is 1740. The first-order chi connectivity index (χ1) is 20.3. The molecule has 0 spiro atoms. The summed E-state index contributed by atoms with van der Waals surface area (Å²) in [5.41, 5.74) is 6.64. The van der Waals surface area contributed by atoms with Crippen LogP contribution in [-0.4, -0.2) is 36.6 Å². The number of benzene rings is 2. The average molecular weight is 624 g/mol. The van der Waals surface area contributed by atoms with Gasteiger partial charge >= 0.3 is 14.2 Å². The van der Waals surface area contributed by atoms with Gasteiger partial charge in [-0.25, -0.2) is 0 Å². The first-order valence-electron chi connectivity index (χ1n) is 15.9. The number of thiophene rings is 2. The van der Waals surface area contributed by atoms with E-state index in [0.717, 1.165) is 9.55 Å². The van der Waals surface area contributed by atoms with E-state index < -0.39 is 0 Å². The largest absolute Gasteiger partial charge is 0.505 e. The van der Waals surface area contributed by atoms with Crippen molar-refractivity contribution in [3.05, 3.63) is 58.7 Å². The van der Waals surface area contributed by atoms with E-state index in [-0.39, 0.29) is 47.5 Å². The fourth-order valence-corrected chi connectivity index (χ4v) is 10.3. The Labute approximate surface area is 270 Å². The predicted octanol–water partition coefficient (Wildman–Crippen LogP) is 8.17. The Morgan fingerprint density at radius 3 is 1.11 bits per heavy atom. The molecule has 4 aliphatic rings. The minimum absolute atomic E-state index is 0.131. The Balaban J connectivity index is 1.21. The van der Waals surface area contributed by atoms with Gasteiger partial charge in [-0.2, -0.15) is 0 Å². The zero-order valence-electron chi connectivity index (χ0n) is 28.1. The molecule has 8 heteroatoms. The molecule has 0 amide bonds. The van der Waals surface area contributed by atoms with Crippen molar-refractivity contribution >= 4 is 57.2 Å². The first-order valence-corrected chi connectivity index (χ1v) is 17.5. The van der Waals surface area contributed by atoms with Crippen LogP contribution in [0.4, 0.5) is 0 Å². The smallest absolute Gasteiger partial charge is 0.399 e. The van der Waals surface area contributed by atoms with Crippen molar-refractivity contribution in [3.63, 3.8) is 0 Å². The van der Waals surface area contributed by atoms with Crippen LogP contribution >= 0.6 is 22.7 Å². The maximum absolute atomic E-state index is 6.44. The molecule has 2 aromatic heterocycles. The molecule has 4 heterocycles. The van der Waals surface area contributed by atoms with E-state index in [1.54, 1.807) is 0 Å². The average Bonchev–Trinajstić information content (AvgIpc) is 3.69. The van der Waals surface area contributed by atoms with E-state index in [9.17, 15) is 0 Å². The van der Waals surface area contributed by atoms with Crippen molar-refractivity contribution in [2.24, 2.45) is 0 Å². The molecule has 2 fully saturated rings. The van der Waals surface area contributed by atoms with E-state index in [1.807, 2.05) is 22.7 Å². The quantitative estimate of drug-likeness (QED) is 0.211. The third-order valence-electron chi connectivity index (χ3n) is 11.8. The molecule has 0 N–H and O–H groups in total. The summed E-state index contributed by atoms with van der Waals surface area (Å²) in [6.45, 7) is 26.5. The molecule has 2 aliphatic carbocycles. The Hall–Kier alpha value is -1.93. The monoisotopic (exact) mass is 624 g/mol. The molecule has 44 heavy (non-hydrogen) atoms. The van der Waals surface area contributed by atoms with Crippen molar-refractivity contribution in [2.75, 3.05) is 0 Å². The topological polar surface area (TPSA) is 36.9 Å². The summed E-state index contributed by atoms with van der Waals surface area (Å²) in [7, 11) is -0.666. The summed E-state index contributed by atoms with van der Waals surface area (Å²) in [5.74, 6) is 0. The molecule has 2 aromatic carbocycles. The highest BCUT2D eigenvalue weighted by atomic mass is 32.1. The van der Waals surface area contributed by atoms with Gasteiger partial charge < -0.3 is 18.6 Å². The van der Waals surface area contributed by atoms with Gasteiger partial charge in [0.25, 0.3) is 0 Å². The second-order valence-electron chi connectivity index (χ2n) is 16.3. The van der Waals surface area contributed by atoms with Crippen LogP contribution < -0.4 is 9.55 Å². The fraction of sp³-hybridized carbons (Fsp3) is 0.500. The maximum Gasteiger partial charge on any atom is 0.505 e. The minimum atomic E-state index is -0.351. The molecule has 2 aliphatic heterocycles. The number of hydrogen-bond acceptors (Lipinski definition) is 6. The van der Waals surface area contributed by atoms with Crippen LogP contribution in [0.15, 0.2) is 36.4 Å². The highest BCUT2D eigenvalue weighted by Gasteiger charge is 2.55. The number of hydrogen-bond donors (Lipinski definition) is 0. The summed E-state index contributed by atoms with van der Waals surface area (Å²) in [6, 6.07) is 14.2. The number of rotatable bonds is 2. The second kappa shape index (κ2) is 8.50. The van der Waals surface area contributed by atoms with Crippen LogP contribution in [0.3, 0.4) is 0 Å². The third kappa shape index (κ3) is 3.62. The SMILES string of the molecule is CC1(C)c2cc(B3OC(C)(C)C(C)(C)O3)sc2-c2ccc3c4c(ccc3c21)-c1sc(B2OC(C)(C)C(C)(C)O2)cc1C4(C)C. The third-order valence-corrected chi connectivity index (χ3v) is 14.1. The Morgan fingerprint density at radius 2 is 0.795 bits per heavy atom. The van der Waals surface area contributed by atoms with Gasteiger partial charge in [-0.05, 0) is 112 Å². The van der Waals surface area contributed by atoms with Crippen LogP contribution in [-0.2, 0) is 29.4 Å². The summed E-state index contributed by atoms with van der Waals surface area (Å²) in [6.07, 6.45) is 0. The molecular weight excluding hydrogens is 582 g/mol. The minimum Gasteiger partial charge on any atom is -0.399 e. The van der Waals surface area contributed by atoms with Gasteiger partial charge in [-0.15, -0.1) is 22.7 Å². The summed E-state index contributed by atoms with van der Waals surface area (Å²) in [4.78, 5) is 2.70. The van der Waals surface area contributed by atoms with E-state index in [1.165, 1.54) is 53.9 Å². The lowest BCUT2D eigenvalue weighted by molar-refractivity contribution is 0.00578. The predicted molar refractivity (Wildman–Crippen MR) is 186 cm³/mol. The van der Waals surface area contributed by atoms with Crippen LogP contribution in [0.2, 0.25) is 0 Å². The molecule has 8 rings (SSSR count). The zero-order valence-corrected chi connectivity index (χ0v) is 29.7. The lowest BCUT2D eigenvalue weighted by atomic mass is 9.75. The van der Waals surface area contributed by atoms with Crippen molar-refractivity contribution in [3.8, 4) is 20.9 Å². The summed E-state index contributed by atoms with van der Waals surface area (Å²) < 4.78 is 28.1. The van der Waals surface area contributed by atoms with Gasteiger partial charge in [0.1, 0.15) is 0 Å². The fourth-order valence-electron chi connectivity index (χ4n) is 7.70. The van der Waals surface area contributed by atoms with Gasteiger partial charge in [0.05, 0.1) is 22.4 Å². The standard InChI is InChI=1S/C36H42B2O4S2/c1-31(2)23-17-25(37-39-33(5,6)34(7,8)40-37)43-29(23)21-15-14-20-19(27(21)31)13-16-22-28(20)32(3,4)24-18-26(44-30(22)24)38-41-35(9,10)36(11,12)42-38/h13-18H,1-12H3. The molecule has 228 valence electrons. The molecule has 4 aromatic rings. The second-order valence-corrected chi connectivity index (χ2v) is 18.4. The Kier molecular flexibility index (Phi) is 5.69. The van der Waals surface area contributed by atoms with Crippen LogP contribution in [0.1, 0.15) is 105 Å². The molecule has 0 radical (unpaired) electrons. The molecule has 0 unspecified atom stereocenters. The van der Waals surface area contributed by atoms with Crippen LogP contribution in [0.25, 0.3) is 31.7 Å². The van der Waals surface area contributed by atoms with Crippen LogP contribution in [0.5, 0.6) is 0 Å². The molecule has 4 nitrogen and oxygen atoms in total. The Morgan fingerprint density at radius 1 is 0.477 bits per heavy atom. The molecule has 2 saturated heterocycles. The normalized spacial score (nSPS) is 24.1. The van der Waals surface area contributed by atoms with Crippen LogP contribution in [0, 0.1) is 0 Å². The maximum atomic E-state index is 6.44. The summed E-state index contributed by atoms with van der Waals surface area (Å²) in [5, 5.41) is 2.72. The van der Waals surface area contributed by atoms with Gasteiger partial charge in [-0.3, -0.25) is 0 Å². The molecule has 0 bridgehead atoms. The highest BCUT2D eigenvalue weighted by molar-refractivity contribution is 7.26. The van der Waals surface area contributed by atoms with Gasteiger partial charge in [0.2, 0.25) is 0 Å². The molecular formula is C36H42B2O4S2. The van der Waals surface area contributed by atoms with E-state index >= 15 is 0 Å². The van der Waals surface area contributed by atoms with Crippen molar-refractivity contribution in [2.45, 2.75) is 116 Å². The van der Waals surface area contributed by atoms with Gasteiger partial charge in [-0.1, -0.05) is 52.0 Å². The van der Waals surface area contributed by atoms with Crippen molar-refractivity contribution in [1.82, 2.24) is 0 Å². The number of fused-ring (bicyclic) bond motifs is 9. The molecule has 0 saturated carbocycles. The zero-order chi connectivity index (χ0) is 31.6. The molecule has 0 atom stereocenters. The van der Waals surface area contributed by atoms with E-state index in [0.29, 0.717) is 0 Å². The van der Waals surface area contributed by atoms with Gasteiger partial charge in [0.15, 0.2) is 0 Å². The van der Waals surface area contributed by atoms with Crippen molar-refractivity contribution in [1.29, 1.82) is 0 Å². The summed E-state index contributed by atoms with van der Waals surface area (Å²) >= 11 is 3.66. The van der Waals surface area contributed by atoms with Crippen molar-refractivity contribution < 1.29 is 18.6 Å². The van der Waals surface area contributed by atoms with E-state index in [2.05, 4.69) is 119 Å². The lowest BCUT2D eigenvalue weighted by Crippen LogP contribution is -2.41. The van der Waals surface area contributed by atoms with E-state index in [4.69, 9.17) is 18.6 Å². The lowest BCUT2D eigenvalue weighted by Gasteiger charge is -2.32. The van der Waals surface area contributed by atoms with Gasteiger partial charge in [0, 0.05) is 30.1 Å². The first kappa shape index (κ1) is 29.5.